The van der Waals surface area contributed by atoms with Crippen LogP contribution in [0.25, 0.3) is 0 Å². The minimum Gasteiger partial charge on any atom is -0.361 e. The SMILES string of the molecule is CCC(OC)N1C(=O)C(S)N(C(CC)OC)C(=O)C1S. The molecule has 0 spiro atoms. The summed E-state index contributed by atoms with van der Waals surface area (Å²) in [6, 6.07) is 0. The molecule has 20 heavy (non-hydrogen) atoms. The first-order chi connectivity index (χ1) is 9.44. The number of thiol groups is 2. The summed E-state index contributed by atoms with van der Waals surface area (Å²) >= 11 is 8.55. The quantitative estimate of drug-likeness (QED) is 0.715. The predicted octanol–water partition coefficient (Wildman–Crippen LogP) is 0.934. The third kappa shape index (κ3) is 3.08. The van der Waals surface area contributed by atoms with Gasteiger partial charge in [-0.2, -0.15) is 0 Å². The predicted molar refractivity (Wildman–Crippen MR) is 81.4 cm³/mol. The van der Waals surface area contributed by atoms with Crippen LogP contribution in [0.3, 0.4) is 0 Å². The average Bonchev–Trinajstić information content (AvgIpc) is 2.46. The van der Waals surface area contributed by atoms with Gasteiger partial charge in [0.05, 0.1) is 0 Å². The molecule has 1 fully saturated rings. The molecule has 1 rings (SSSR count). The first-order valence-corrected chi connectivity index (χ1v) is 7.53. The number of carbonyl (C=O) groups excluding carboxylic acids is 2. The highest BCUT2D eigenvalue weighted by Crippen LogP contribution is 2.28. The molecule has 0 saturated carbocycles. The van der Waals surface area contributed by atoms with E-state index in [2.05, 4.69) is 25.3 Å². The number of amides is 2. The zero-order chi connectivity index (χ0) is 15.4. The third-order valence-electron chi connectivity index (χ3n) is 3.34. The Morgan fingerprint density at radius 3 is 1.45 bits per heavy atom. The van der Waals surface area contributed by atoms with Crippen LogP contribution in [-0.2, 0) is 19.1 Å². The number of piperazine rings is 1. The first-order valence-electron chi connectivity index (χ1n) is 6.50. The Morgan fingerprint density at radius 2 is 1.25 bits per heavy atom. The highest BCUT2D eigenvalue weighted by Gasteiger charge is 2.47. The van der Waals surface area contributed by atoms with Gasteiger partial charge in [0.1, 0.15) is 12.5 Å². The van der Waals surface area contributed by atoms with Gasteiger partial charge < -0.3 is 9.47 Å². The normalized spacial score (nSPS) is 26.9. The van der Waals surface area contributed by atoms with E-state index in [1.54, 1.807) is 0 Å². The fourth-order valence-corrected chi connectivity index (χ4v) is 3.09. The molecule has 0 aromatic carbocycles. The Balaban J connectivity index is 3.08. The van der Waals surface area contributed by atoms with Crippen molar-refractivity contribution >= 4 is 37.1 Å². The monoisotopic (exact) mass is 322 g/mol. The second-order valence-corrected chi connectivity index (χ2v) is 5.41. The van der Waals surface area contributed by atoms with Crippen LogP contribution in [0.4, 0.5) is 0 Å². The largest absolute Gasteiger partial charge is 0.361 e. The van der Waals surface area contributed by atoms with Gasteiger partial charge in [-0.3, -0.25) is 19.4 Å². The second kappa shape index (κ2) is 7.53. The van der Waals surface area contributed by atoms with Gasteiger partial charge in [-0.25, -0.2) is 0 Å². The molecule has 116 valence electrons. The summed E-state index contributed by atoms with van der Waals surface area (Å²) in [7, 11) is 2.99. The standard InChI is InChI=1S/C12H22N2O4S2/c1-5-7(17-3)13-9(15)12(20)14(8(6-2)18-4)10(16)11(13)19/h7-8,11-12,19-20H,5-6H2,1-4H3. The lowest BCUT2D eigenvalue weighted by Gasteiger charge is -2.46. The molecule has 4 unspecified atom stereocenters. The van der Waals surface area contributed by atoms with Crippen molar-refractivity contribution in [3.8, 4) is 0 Å². The van der Waals surface area contributed by atoms with E-state index in [9.17, 15) is 9.59 Å². The maximum absolute atomic E-state index is 12.5. The van der Waals surface area contributed by atoms with Crippen LogP contribution in [-0.4, -0.2) is 59.0 Å². The van der Waals surface area contributed by atoms with E-state index >= 15 is 0 Å². The van der Waals surface area contributed by atoms with Gasteiger partial charge in [0.15, 0.2) is 10.7 Å². The van der Waals surface area contributed by atoms with Crippen molar-refractivity contribution in [2.24, 2.45) is 0 Å². The van der Waals surface area contributed by atoms with Gasteiger partial charge in [0.25, 0.3) is 11.8 Å². The van der Waals surface area contributed by atoms with Crippen LogP contribution in [0.5, 0.6) is 0 Å². The topological polar surface area (TPSA) is 59.1 Å². The van der Waals surface area contributed by atoms with Gasteiger partial charge in [0, 0.05) is 14.2 Å². The Morgan fingerprint density at radius 1 is 0.950 bits per heavy atom. The summed E-state index contributed by atoms with van der Waals surface area (Å²) in [5, 5.41) is -1.78. The number of methoxy groups -OCH3 is 2. The van der Waals surface area contributed by atoms with Crippen molar-refractivity contribution in [3.05, 3.63) is 0 Å². The van der Waals surface area contributed by atoms with Crippen molar-refractivity contribution in [2.45, 2.75) is 49.9 Å². The summed E-state index contributed by atoms with van der Waals surface area (Å²) in [5.41, 5.74) is 0. The van der Waals surface area contributed by atoms with E-state index in [0.29, 0.717) is 12.8 Å². The van der Waals surface area contributed by atoms with Gasteiger partial charge >= 0.3 is 0 Å². The molecule has 0 aromatic rings. The molecule has 4 atom stereocenters. The minimum atomic E-state index is -0.889. The molecule has 2 amide bonds. The van der Waals surface area contributed by atoms with Crippen molar-refractivity contribution in [1.82, 2.24) is 9.80 Å². The van der Waals surface area contributed by atoms with E-state index in [4.69, 9.17) is 9.47 Å². The Kier molecular flexibility index (Phi) is 6.63. The van der Waals surface area contributed by atoms with Crippen LogP contribution in [0.15, 0.2) is 0 Å². The van der Waals surface area contributed by atoms with Gasteiger partial charge in [-0.15, -0.1) is 25.3 Å². The van der Waals surface area contributed by atoms with Crippen molar-refractivity contribution < 1.29 is 19.1 Å². The lowest BCUT2D eigenvalue weighted by Crippen LogP contribution is -2.66. The molecule has 0 aliphatic carbocycles. The fraction of sp³-hybridized carbons (Fsp3) is 0.833. The summed E-state index contributed by atoms with van der Waals surface area (Å²) in [6.07, 6.45) is 0.144. The van der Waals surface area contributed by atoms with Crippen molar-refractivity contribution in [2.75, 3.05) is 14.2 Å². The molecule has 1 saturated heterocycles. The lowest BCUT2D eigenvalue weighted by molar-refractivity contribution is -0.176. The maximum Gasteiger partial charge on any atom is 0.259 e. The van der Waals surface area contributed by atoms with Gasteiger partial charge in [-0.1, -0.05) is 13.8 Å². The molecule has 0 N–H and O–H groups in total. The Labute approximate surface area is 130 Å². The van der Waals surface area contributed by atoms with E-state index in [1.807, 2.05) is 13.8 Å². The van der Waals surface area contributed by atoms with Crippen molar-refractivity contribution in [1.29, 1.82) is 0 Å². The van der Waals surface area contributed by atoms with Crippen LogP contribution < -0.4 is 0 Å². The minimum absolute atomic E-state index is 0.308. The third-order valence-corrected chi connectivity index (χ3v) is 4.28. The number of ether oxygens (including phenoxy) is 2. The molecular weight excluding hydrogens is 300 g/mol. The lowest BCUT2D eigenvalue weighted by atomic mass is 10.2. The highest BCUT2D eigenvalue weighted by molar-refractivity contribution is 7.82. The molecule has 0 radical (unpaired) electrons. The fourth-order valence-electron chi connectivity index (χ4n) is 2.30. The summed E-state index contributed by atoms with van der Waals surface area (Å²) in [5.74, 6) is -0.616. The highest BCUT2D eigenvalue weighted by atomic mass is 32.1. The van der Waals surface area contributed by atoms with Crippen LogP contribution in [0.2, 0.25) is 0 Å². The maximum atomic E-state index is 12.5. The number of hydrogen-bond donors (Lipinski definition) is 2. The molecule has 8 heteroatoms. The van der Waals surface area contributed by atoms with E-state index < -0.39 is 23.2 Å². The molecule has 1 heterocycles. The van der Waals surface area contributed by atoms with Crippen LogP contribution >= 0.6 is 25.3 Å². The zero-order valence-electron chi connectivity index (χ0n) is 12.1. The zero-order valence-corrected chi connectivity index (χ0v) is 13.9. The van der Waals surface area contributed by atoms with Crippen LogP contribution in [0.1, 0.15) is 26.7 Å². The Bertz CT molecular complexity index is 327. The van der Waals surface area contributed by atoms with Crippen molar-refractivity contribution in [3.63, 3.8) is 0 Å². The number of carbonyl (C=O) groups is 2. The van der Waals surface area contributed by atoms with E-state index in [-0.39, 0.29) is 11.8 Å². The smallest absolute Gasteiger partial charge is 0.259 e. The summed E-state index contributed by atoms with van der Waals surface area (Å²) in [4.78, 5) is 27.6. The first kappa shape index (κ1) is 17.6. The summed E-state index contributed by atoms with van der Waals surface area (Å²) in [6.45, 7) is 3.74. The number of hydrogen-bond acceptors (Lipinski definition) is 6. The molecule has 1 aliphatic heterocycles. The van der Waals surface area contributed by atoms with E-state index in [0.717, 1.165) is 0 Å². The molecule has 6 nitrogen and oxygen atoms in total. The Hall–Kier alpha value is -0.440. The molecule has 0 bridgehead atoms. The second-order valence-electron chi connectivity index (χ2n) is 4.44. The van der Waals surface area contributed by atoms with Gasteiger partial charge in [0.2, 0.25) is 0 Å². The molecule has 0 aromatic heterocycles. The summed E-state index contributed by atoms with van der Waals surface area (Å²) < 4.78 is 10.5. The van der Waals surface area contributed by atoms with Crippen LogP contribution in [0, 0.1) is 0 Å². The average molecular weight is 322 g/mol. The van der Waals surface area contributed by atoms with Gasteiger partial charge in [-0.05, 0) is 12.8 Å². The number of nitrogens with zero attached hydrogens (tertiary/aromatic N) is 2. The number of rotatable bonds is 6. The molecular formula is C12H22N2O4S2. The molecule has 1 aliphatic rings. The van der Waals surface area contributed by atoms with E-state index in [1.165, 1.54) is 24.0 Å².